The topological polar surface area (TPSA) is 88.8 Å². The molecule has 2 N–H and O–H groups in total. The zero-order valence-corrected chi connectivity index (χ0v) is 18.8. The Hall–Kier alpha value is -2.03. The van der Waals surface area contributed by atoms with E-state index in [-0.39, 0.29) is 6.04 Å². The van der Waals surface area contributed by atoms with Gasteiger partial charge in [0.25, 0.3) is 0 Å². The van der Waals surface area contributed by atoms with Gasteiger partial charge in [-0.05, 0) is 62.4 Å². The first-order valence-corrected chi connectivity index (χ1v) is 12.1. The molecule has 0 spiro atoms. The number of amides is 2. The number of likely N-dealkylation sites (tertiary alicyclic amines) is 2. The molecule has 3 aliphatic rings. The monoisotopic (exact) mass is 442 g/mol. The van der Waals surface area contributed by atoms with Crippen LogP contribution in [0.25, 0.3) is 10.2 Å². The van der Waals surface area contributed by atoms with Crippen molar-refractivity contribution in [1.29, 1.82) is 0 Å². The van der Waals surface area contributed by atoms with Crippen LogP contribution < -0.4 is 5.73 Å². The highest BCUT2D eigenvalue weighted by molar-refractivity contribution is 7.18. The van der Waals surface area contributed by atoms with Crippen molar-refractivity contribution in [2.24, 2.45) is 11.7 Å². The molecule has 4 heterocycles. The van der Waals surface area contributed by atoms with Gasteiger partial charge in [-0.2, -0.15) is 0 Å². The number of thiazole rings is 1. The van der Waals surface area contributed by atoms with Gasteiger partial charge in [0.15, 0.2) is 0 Å². The van der Waals surface area contributed by atoms with E-state index in [1.165, 1.54) is 9.71 Å². The molecule has 3 saturated heterocycles. The van der Waals surface area contributed by atoms with Gasteiger partial charge in [0.1, 0.15) is 0 Å². The van der Waals surface area contributed by atoms with Gasteiger partial charge in [0.05, 0.1) is 40.5 Å². The number of nitrogens with zero attached hydrogens (tertiary/aromatic N) is 3. The van der Waals surface area contributed by atoms with Crippen LogP contribution >= 0.6 is 11.3 Å². The first-order chi connectivity index (χ1) is 15.0. The highest BCUT2D eigenvalue weighted by Gasteiger charge is 2.34. The summed E-state index contributed by atoms with van der Waals surface area (Å²) in [5, 5.41) is 1.22. The fourth-order valence-electron chi connectivity index (χ4n) is 5.15. The number of rotatable bonds is 3. The Morgan fingerprint density at radius 1 is 1.16 bits per heavy atom. The summed E-state index contributed by atoms with van der Waals surface area (Å²) in [6.45, 7) is 6.66. The number of primary amides is 1. The van der Waals surface area contributed by atoms with E-state index in [1.807, 2.05) is 0 Å². The molecule has 0 radical (unpaired) electrons. The summed E-state index contributed by atoms with van der Waals surface area (Å²) in [6, 6.07) is 6.82. The minimum atomic E-state index is -0.879. The molecule has 0 unspecified atom stereocenters. The Morgan fingerprint density at radius 3 is 2.61 bits per heavy atom. The quantitative estimate of drug-likeness (QED) is 0.739. The molecule has 1 aromatic heterocycles. The van der Waals surface area contributed by atoms with Crippen LogP contribution in [-0.2, 0) is 14.3 Å². The van der Waals surface area contributed by atoms with Gasteiger partial charge in [-0.1, -0.05) is 13.0 Å². The van der Waals surface area contributed by atoms with Gasteiger partial charge in [-0.15, -0.1) is 11.3 Å². The number of piperidine rings is 2. The third-order valence-electron chi connectivity index (χ3n) is 7.12. The summed E-state index contributed by atoms with van der Waals surface area (Å²) in [5.41, 5.74) is 7.36. The molecule has 8 heteroatoms. The molecule has 0 bridgehead atoms. The highest BCUT2D eigenvalue weighted by atomic mass is 32.1. The number of carbonyl (C=O) groups is 2. The molecule has 166 valence electrons. The standard InChI is InChI=1S/C23H30N4O3S/c1-14-2-4-19(27(11-14)23(29)21(24)28)16-3-5-20-18(10-16)25-22(31-20)15-6-8-26(9-7-15)17-12-30-13-17/h3,5,10,14-15,17,19H,2,4,6-9,11-13H2,1H3,(H2,24,28)/t14-,19+/m0/s1. The van der Waals surface area contributed by atoms with Crippen molar-refractivity contribution < 1.29 is 14.3 Å². The lowest BCUT2D eigenvalue weighted by molar-refractivity contribution is -0.147. The van der Waals surface area contributed by atoms with E-state index in [4.69, 9.17) is 15.5 Å². The van der Waals surface area contributed by atoms with Gasteiger partial charge in [-0.3, -0.25) is 14.5 Å². The third-order valence-corrected chi connectivity index (χ3v) is 8.32. The van der Waals surface area contributed by atoms with Gasteiger partial charge >= 0.3 is 11.8 Å². The molecule has 5 rings (SSSR count). The normalized spacial score (nSPS) is 26.2. The van der Waals surface area contributed by atoms with E-state index < -0.39 is 11.8 Å². The maximum atomic E-state index is 12.4. The summed E-state index contributed by atoms with van der Waals surface area (Å²) in [6.07, 6.45) is 4.15. The summed E-state index contributed by atoms with van der Waals surface area (Å²) < 4.78 is 6.53. The van der Waals surface area contributed by atoms with Crippen molar-refractivity contribution >= 4 is 33.4 Å². The lowest BCUT2D eigenvalue weighted by Gasteiger charge is -2.41. The van der Waals surface area contributed by atoms with Crippen molar-refractivity contribution in [1.82, 2.24) is 14.8 Å². The zero-order valence-electron chi connectivity index (χ0n) is 18.0. The van der Waals surface area contributed by atoms with Crippen molar-refractivity contribution in [3.8, 4) is 0 Å². The number of nitrogens with two attached hydrogens (primary N) is 1. The van der Waals surface area contributed by atoms with Crippen molar-refractivity contribution in [3.63, 3.8) is 0 Å². The minimum Gasteiger partial charge on any atom is -0.378 e. The molecule has 2 amide bonds. The van der Waals surface area contributed by atoms with Crippen LogP contribution in [0.2, 0.25) is 0 Å². The van der Waals surface area contributed by atoms with Crippen LogP contribution in [-0.4, -0.2) is 65.5 Å². The molecular weight excluding hydrogens is 412 g/mol. The van der Waals surface area contributed by atoms with E-state index in [2.05, 4.69) is 30.0 Å². The lowest BCUT2D eigenvalue weighted by Crippen LogP contribution is -2.51. The van der Waals surface area contributed by atoms with Crippen LogP contribution in [0.1, 0.15) is 55.1 Å². The Balaban J connectivity index is 1.34. The van der Waals surface area contributed by atoms with E-state index in [0.29, 0.717) is 24.4 Å². The number of fused-ring (bicyclic) bond motifs is 1. The Morgan fingerprint density at radius 2 is 1.94 bits per heavy atom. The van der Waals surface area contributed by atoms with E-state index in [1.54, 1.807) is 16.2 Å². The van der Waals surface area contributed by atoms with Crippen LogP contribution in [0.4, 0.5) is 0 Å². The predicted molar refractivity (Wildman–Crippen MR) is 120 cm³/mol. The summed E-state index contributed by atoms with van der Waals surface area (Å²) in [7, 11) is 0. The van der Waals surface area contributed by atoms with Crippen molar-refractivity contribution in [3.05, 3.63) is 28.8 Å². The second-order valence-corrected chi connectivity index (χ2v) is 10.4. The number of hydrogen-bond acceptors (Lipinski definition) is 6. The second-order valence-electron chi connectivity index (χ2n) is 9.30. The van der Waals surface area contributed by atoms with Crippen LogP contribution in [0, 0.1) is 5.92 Å². The summed E-state index contributed by atoms with van der Waals surface area (Å²) >= 11 is 1.79. The van der Waals surface area contributed by atoms with Gasteiger partial charge in [0.2, 0.25) is 0 Å². The third kappa shape index (κ3) is 4.08. The minimum absolute atomic E-state index is 0.112. The molecule has 3 aliphatic heterocycles. The fraction of sp³-hybridized carbons (Fsp3) is 0.609. The summed E-state index contributed by atoms with van der Waals surface area (Å²) in [4.78, 5) is 33.2. The predicted octanol–water partition coefficient (Wildman–Crippen LogP) is 2.66. The molecule has 0 aliphatic carbocycles. The molecule has 2 atom stereocenters. The zero-order chi connectivity index (χ0) is 21.5. The largest absolute Gasteiger partial charge is 0.378 e. The van der Waals surface area contributed by atoms with Crippen LogP contribution in [0.3, 0.4) is 0 Å². The lowest BCUT2D eigenvalue weighted by atomic mass is 9.89. The van der Waals surface area contributed by atoms with E-state index >= 15 is 0 Å². The molecule has 31 heavy (non-hydrogen) atoms. The first-order valence-electron chi connectivity index (χ1n) is 11.3. The molecule has 2 aromatic rings. The van der Waals surface area contributed by atoms with Crippen LogP contribution in [0.15, 0.2) is 18.2 Å². The van der Waals surface area contributed by atoms with Crippen molar-refractivity contribution in [2.75, 3.05) is 32.8 Å². The highest BCUT2D eigenvalue weighted by Crippen LogP contribution is 2.38. The second kappa shape index (κ2) is 8.48. The number of hydrogen-bond donors (Lipinski definition) is 1. The van der Waals surface area contributed by atoms with Gasteiger partial charge in [-0.25, -0.2) is 4.98 Å². The average molecular weight is 443 g/mol. The van der Waals surface area contributed by atoms with Crippen LogP contribution in [0.5, 0.6) is 0 Å². The Bertz CT molecular complexity index is 980. The molecule has 1 aromatic carbocycles. The van der Waals surface area contributed by atoms with Gasteiger partial charge < -0.3 is 15.4 Å². The molecule has 0 saturated carbocycles. The SMILES string of the molecule is C[C@H]1CC[C@H](c2ccc3sc(C4CCN(C5COC5)CC4)nc3c2)N(C(=O)C(N)=O)C1. The Labute approximate surface area is 186 Å². The number of benzene rings is 1. The van der Waals surface area contributed by atoms with Crippen molar-refractivity contribution in [2.45, 2.75) is 50.6 Å². The van der Waals surface area contributed by atoms with E-state index in [0.717, 1.165) is 63.1 Å². The van der Waals surface area contributed by atoms with E-state index in [9.17, 15) is 9.59 Å². The maximum absolute atomic E-state index is 12.4. The number of aromatic nitrogens is 1. The molecule has 3 fully saturated rings. The number of carbonyl (C=O) groups excluding carboxylic acids is 2. The first kappa shape index (κ1) is 20.8. The number of ether oxygens (including phenoxy) is 1. The molecular formula is C23H30N4O3S. The fourth-order valence-corrected chi connectivity index (χ4v) is 6.27. The maximum Gasteiger partial charge on any atom is 0.312 e. The Kier molecular flexibility index (Phi) is 5.71. The average Bonchev–Trinajstić information content (AvgIpc) is 3.15. The summed E-state index contributed by atoms with van der Waals surface area (Å²) in [5.74, 6) is -0.580. The smallest absolute Gasteiger partial charge is 0.312 e. The van der Waals surface area contributed by atoms with Gasteiger partial charge in [0, 0.05) is 12.5 Å². The molecule has 7 nitrogen and oxygen atoms in total.